The summed E-state index contributed by atoms with van der Waals surface area (Å²) in [5.41, 5.74) is 0.735. The van der Waals surface area contributed by atoms with Gasteiger partial charge in [0.25, 0.3) is 0 Å². The van der Waals surface area contributed by atoms with Gasteiger partial charge in [-0.25, -0.2) is 4.79 Å². The van der Waals surface area contributed by atoms with Gasteiger partial charge in [0.05, 0.1) is 5.56 Å². The first-order valence-electron chi connectivity index (χ1n) is 7.55. The number of carboxylic acid groups (broad SMARTS) is 1. The predicted molar refractivity (Wildman–Crippen MR) is 88.8 cm³/mol. The lowest BCUT2D eigenvalue weighted by molar-refractivity contribution is -0.116. The van der Waals surface area contributed by atoms with Gasteiger partial charge < -0.3 is 15.4 Å². The molecule has 0 fully saturated rings. The van der Waals surface area contributed by atoms with E-state index in [4.69, 9.17) is 6.42 Å². The molecule has 0 spiro atoms. The van der Waals surface area contributed by atoms with Crippen molar-refractivity contribution in [2.24, 2.45) is 10.2 Å². The second-order valence-electron chi connectivity index (χ2n) is 5.70. The third-order valence-electron chi connectivity index (χ3n) is 3.99. The zero-order valence-corrected chi connectivity index (χ0v) is 12.9. The van der Waals surface area contributed by atoms with E-state index in [0.717, 1.165) is 0 Å². The quantitative estimate of drug-likeness (QED) is 0.681. The summed E-state index contributed by atoms with van der Waals surface area (Å²) >= 11 is 0. The van der Waals surface area contributed by atoms with E-state index in [9.17, 15) is 14.7 Å². The number of aromatic amines is 1. The number of hydrogen-bond donors (Lipinski definition) is 3. The molecular weight excluding hydrogens is 308 g/mol. The highest BCUT2D eigenvalue weighted by Gasteiger charge is 2.39. The molecule has 0 radical (unpaired) electrons. The van der Waals surface area contributed by atoms with Gasteiger partial charge in [0.15, 0.2) is 5.66 Å². The van der Waals surface area contributed by atoms with Crippen LogP contribution in [0.4, 0.5) is 5.69 Å². The van der Waals surface area contributed by atoms with Gasteiger partial charge in [-0.05, 0) is 18.2 Å². The van der Waals surface area contributed by atoms with Gasteiger partial charge in [-0.2, -0.15) is 10.2 Å². The molecule has 1 aliphatic rings. The monoisotopic (exact) mass is 324 g/mol. The van der Waals surface area contributed by atoms with E-state index in [0.29, 0.717) is 35.9 Å². The summed E-state index contributed by atoms with van der Waals surface area (Å²) in [6.07, 6.45) is 8.85. The Hall–Kier alpha value is -3.14. The molecule has 0 unspecified atom stereocenters. The van der Waals surface area contributed by atoms with E-state index in [1.165, 1.54) is 6.07 Å². The standard InChI is InChI=1S/C17H16N4O3/c1-2-3-6-17(20-21-17)7-4-15(22)19-11-9-13(16(23)24)12-5-8-18-14(12)10-11/h1,5,8-10,18H,3-4,6-7H2,(H,19,22)(H,23,24). The zero-order chi connectivity index (χ0) is 17.2. The Balaban J connectivity index is 1.65. The van der Waals surface area contributed by atoms with Crippen LogP contribution in [0.15, 0.2) is 34.6 Å². The minimum absolute atomic E-state index is 0.140. The molecule has 1 aliphatic heterocycles. The Morgan fingerprint density at radius 2 is 2.12 bits per heavy atom. The number of nitrogens with zero attached hydrogens (tertiary/aromatic N) is 2. The van der Waals surface area contributed by atoms with Crippen LogP contribution < -0.4 is 5.32 Å². The van der Waals surface area contributed by atoms with E-state index >= 15 is 0 Å². The lowest BCUT2D eigenvalue weighted by Crippen LogP contribution is -2.18. The van der Waals surface area contributed by atoms with Gasteiger partial charge in [-0.1, -0.05) is 0 Å². The second-order valence-corrected chi connectivity index (χ2v) is 5.70. The fraction of sp³-hybridized carbons (Fsp3) is 0.294. The zero-order valence-electron chi connectivity index (χ0n) is 12.9. The first-order valence-corrected chi connectivity index (χ1v) is 7.55. The maximum Gasteiger partial charge on any atom is 0.336 e. The summed E-state index contributed by atoms with van der Waals surface area (Å²) in [4.78, 5) is 26.4. The number of amides is 1. The molecule has 0 bridgehead atoms. The first-order chi connectivity index (χ1) is 11.5. The number of terminal acetylenes is 1. The highest BCUT2D eigenvalue weighted by atomic mass is 16.4. The van der Waals surface area contributed by atoms with Crippen LogP contribution in [0.1, 0.15) is 36.0 Å². The minimum Gasteiger partial charge on any atom is -0.478 e. The maximum atomic E-state index is 12.1. The number of anilines is 1. The molecule has 3 rings (SSSR count). The van der Waals surface area contributed by atoms with Gasteiger partial charge in [0.2, 0.25) is 5.91 Å². The fourth-order valence-electron chi connectivity index (χ4n) is 2.62. The molecule has 7 nitrogen and oxygen atoms in total. The topological polar surface area (TPSA) is 107 Å². The van der Waals surface area contributed by atoms with Crippen molar-refractivity contribution in [2.75, 3.05) is 5.32 Å². The molecule has 2 aromatic rings. The van der Waals surface area contributed by atoms with E-state index in [2.05, 4.69) is 26.4 Å². The molecule has 0 aliphatic carbocycles. The Kier molecular flexibility index (Phi) is 4.04. The van der Waals surface area contributed by atoms with Crippen molar-refractivity contribution in [3.63, 3.8) is 0 Å². The molecule has 7 heteroatoms. The van der Waals surface area contributed by atoms with Crippen LogP contribution in [-0.4, -0.2) is 27.6 Å². The van der Waals surface area contributed by atoms with Crippen molar-refractivity contribution in [3.8, 4) is 12.3 Å². The molecule has 0 saturated heterocycles. The van der Waals surface area contributed by atoms with E-state index in [1.807, 2.05) is 0 Å². The Morgan fingerprint density at radius 3 is 2.79 bits per heavy atom. The number of carbonyl (C=O) groups is 2. The number of nitrogens with one attached hydrogen (secondary N) is 2. The molecule has 0 saturated carbocycles. The van der Waals surface area contributed by atoms with Crippen LogP contribution in [0.2, 0.25) is 0 Å². The summed E-state index contributed by atoms with van der Waals surface area (Å²) in [6, 6.07) is 4.85. The number of aromatic carboxylic acids is 1. The van der Waals surface area contributed by atoms with E-state index < -0.39 is 11.6 Å². The lowest BCUT2D eigenvalue weighted by Gasteiger charge is -2.10. The third-order valence-corrected chi connectivity index (χ3v) is 3.99. The second kappa shape index (κ2) is 6.16. The SMILES string of the molecule is C#CCCC1(CCC(=O)Nc2cc(C(=O)O)c3cc[nH]c3c2)N=N1. The van der Waals surface area contributed by atoms with Crippen molar-refractivity contribution >= 4 is 28.5 Å². The van der Waals surface area contributed by atoms with Crippen LogP contribution >= 0.6 is 0 Å². The number of H-pyrrole nitrogens is 1. The molecule has 3 N–H and O–H groups in total. The highest BCUT2D eigenvalue weighted by Crippen LogP contribution is 2.37. The largest absolute Gasteiger partial charge is 0.478 e. The number of fused-ring (bicyclic) bond motifs is 1. The van der Waals surface area contributed by atoms with Crippen molar-refractivity contribution in [3.05, 3.63) is 30.0 Å². The average molecular weight is 324 g/mol. The van der Waals surface area contributed by atoms with E-state index in [1.54, 1.807) is 18.3 Å². The first kappa shape index (κ1) is 15.7. The fourth-order valence-corrected chi connectivity index (χ4v) is 2.62. The lowest BCUT2D eigenvalue weighted by atomic mass is 10.0. The average Bonchev–Trinajstić information content (AvgIpc) is 3.17. The molecule has 0 atom stereocenters. The Bertz CT molecular complexity index is 870. The Morgan fingerprint density at radius 1 is 1.33 bits per heavy atom. The van der Waals surface area contributed by atoms with E-state index in [-0.39, 0.29) is 17.9 Å². The van der Waals surface area contributed by atoms with Crippen LogP contribution in [0.5, 0.6) is 0 Å². The number of aromatic nitrogens is 1. The number of carbonyl (C=O) groups excluding carboxylic acids is 1. The summed E-state index contributed by atoms with van der Waals surface area (Å²) in [5, 5.41) is 20.6. The van der Waals surface area contributed by atoms with Crippen molar-refractivity contribution in [1.29, 1.82) is 0 Å². The van der Waals surface area contributed by atoms with Crippen LogP contribution in [0.3, 0.4) is 0 Å². The number of benzene rings is 1. The Labute approximate surface area is 138 Å². The van der Waals surface area contributed by atoms with Gasteiger partial charge >= 0.3 is 5.97 Å². The molecule has 2 heterocycles. The molecular formula is C17H16N4O3. The number of rotatable bonds is 7. The normalized spacial score (nSPS) is 14.3. The predicted octanol–water partition coefficient (Wildman–Crippen LogP) is 3.16. The molecule has 122 valence electrons. The number of hydrogen-bond acceptors (Lipinski definition) is 4. The van der Waals surface area contributed by atoms with Crippen LogP contribution in [0.25, 0.3) is 10.9 Å². The highest BCUT2D eigenvalue weighted by molar-refractivity contribution is 6.05. The van der Waals surface area contributed by atoms with Gasteiger partial charge in [-0.15, -0.1) is 12.3 Å². The van der Waals surface area contributed by atoms with Crippen molar-refractivity contribution < 1.29 is 14.7 Å². The summed E-state index contributed by atoms with van der Waals surface area (Å²) in [7, 11) is 0. The summed E-state index contributed by atoms with van der Waals surface area (Å²) in [5.74, 6) is 1.29. The summed E-state index contributed by atoms with van der Waals surface area (Å²) < 4.78 is 0. The summed E-state index contributed by atoms with van der Waals surface area (Å²) in [6.45, 7) is 0. The van der Waals surface area contributed by atoms with Gasteiger partial charge in [0.1, 0.15) is 0 Å². The van der Waals surface area contributed by atoms with Crippen LogP contribution in [-0.2, 0) is 4.79 Å². The van der Waals surface area contributed by atoms with Gasteiger partial charge in [-0.3, -0.25) is 4.79 Å². The maximum absolute atomic E-state index is 12.1. The number of carboxylic acids is 1. The molecule has 1 aromatic carbocycles. The minimum atomic E-state index is -1.04. The molecule has 24 heavy (non-hydrogen) atoms. The smallest absolute Gasteiger partial charge is 0.336 e. The van der Waals surface area contributed by atoms with Crippen molar-refractivity contribution in [1.82, 2.24) is 4.98 Å². The van der Waals surface area contributed by atoms with Crippen molar-refractivity contribution in [2.45, 2.75) is 31.3 Å². The molecule has 1 amide bonds. The molecule has 1 aromatic heterocycles. The van der Waals surface area contributed by atoms with Gasteiger partial charge in [0, 0.05) is 48.5 Å². The third kappa shape index (κ3) is 3.27. The van der Waals surface area contributed by atoms with Crippen LogP contribution in [0, 0.1) is 12.3 Å².